The molecule has 0 saturated carbocycles. The minimum atomic E-state index is -4.85. The van der Waals surface area contributed by atoms with Crippen LogP contribution in [0.3, 0.4) is 0 Å². The van der Waals surface area contributed by atoms with Crippen molar-refractivity contribution in [1.82, 2.24) is 20.1 Å². The molecule has 12 heteroatoms. The first-order chi connectivity index (χ1) is 17.4. The second-order valence-electron chi connectivity index (χ2n) is 8.50. The summed E-state index contributed by atoms with van der Waals surface area (Å²) in [4.78, 5) is 30.4. The Morgan fingerprint density at radius 1 is 1.03 bits per heavy atom. The van der Waals surface area contributed by atoms with Crippen LogP contribution in [0.4, 0.5) is 18.9 Å². The minimum absolute atomic E-state index is 0.0235. The molecule has 0 unspecified atom stereocenters. The minimum Gasteiger partial charge on any atom is -0.350 e. The number of halogens is 5. The molecule has 0 spiro atoms. The van der Waals surface area contributed by atoms with Crippen molar-refractivity contribution in [2.75, 3.05) is 5.32 Å². The molecule has 2 aromatic heterocycles. The van der Waals surface area contributed by atoms with E-state index in [-0.39, 0.29) is 33.2 Å². The summed E-state index contributed by atoms with van der Waals surface area (Å²) in [5.41, 5.74) is -1.00. The first-order valence-corrected chi connectivity index (χ1v) is 11.8. The molecule has 0 bridgehead atoms. The number of pyridine rings is 1. The second kappa shape index (κ2) is 10.0. The number of fused-ring (bicyclic) bond motifs is 1. The summed E-state index contributed by atoms with van der Waals surface area (Å²) in [6.45, 7) is 5.37. The third-order valence-electron chi connectivity index (χ3n) is 5.41. The van der Waals surface area contributed by atoms with Crippen LogP contribution >= 0.6 is 23.2 Å². The van der Waals surface area contributed by atoms with Gasteiger partial charge >= 0.3 is 6.18 Å². The van der Waals surface area contributed by atoms with Crippen LogP contribution in [0.25, 0.3) is 16.6 Å². The van der Waals surface area contributed by atoms with Gasteiger partial charge in [0.2, 0.25) is 0 Å². The number of aryl methyl sites for hydroxylation is 1. The highest BCUT2D eigenvalue weighted by Crippen LogP contribution is 2.37. The van der Waals surface area contributed by atoms with Gasteiger partial charge in [-0.3, -0.25) is 9.59 Å². The van der Waals surface area contributed by atoms with E-state index in [1.54, 1.807) is 32.0 Å². The molecule has 0 fully saturated rings. The van der Waals surface area contributed by atoms with Gasteiger partial charge in [-0.1, -0.05) is 41.4 Å². The maximum Gasteiger partial charge on any atom is 0.435 e. The fourth-order valence-corrected chi connectivity index (χ4v) is 4.24. The summed E-state index contributed by atoms with van der Waals surface area (Å²) in [5, 5.41) is 10.1. The van der Waals surface area contributed by atoms with Gasteiger partial charge in [0.1, 0.15) is 5.69 Å². The SMILES string of the molecule is Cc1cccc2c(Cl)c(NC(=O)c3cc(C(F)(F)F)nn3-c3ncccc3Cl)c(C(=O)NC(C)C)cc12. The molecular weight excluding hydrogens is 530 g/mol. The van der Waals surface area contributed by atoms with Crippen LogP contribution in [0, 0.1) is 6.92 Å². The van der Waals surface area contributed by atoms with E-state index in [1.807, 2.05) is 13.0 Å². The number of anilines is 1. The van der Waals surface area contributed by atoms with Crippen molar-refractivity contribution in [2.45, 2.75) is 33.0 Å². The van der Waals surface area contributed by atoms with Gasteiger partial charge in [-0.25, -0.2) is 9.67 Å². The van der Waals surface area contributed by atoms with Gasteiger partial charge in [-0.15, -0.1) is 0 Å². The average molecular weight is 550 g/mol. The third-order valence-corrected chi connectivity index (χ3v) is 6.10. The van der Waals surface area contributed by atoms with E-state index in [2.05, 4.69) is 20.7 Å². The predicted octanol–water partition coefficient (Wildman–Crippen LogP) is 6.45. The molecule has 0 aliphatic carbocycles. The molecule has 0 radical (unpaired) electrons. The van der Waals surface area contributed by atoms with Crippen LogP contribution < -0.4 is 10.6 Å². The molecule has 0 atom stereocenters. The Labute approximate surface area is 219 Å². The lowest BCUT2D eigenvalue weighted by atomic mass is 10.00. The van der Waals surface area contributed by atoms with Gasteiger partial charge in [0.05, 0.1) is 21.3 Å². The number of aromatic nitrogens is 3. The molecular formula is C25H20Cl2F3N5O2. The zero-order valence-corrected chi connectivity index (χ0v) is 21.3. The Bertz CT molecular complexity index is 1530. The average Bonchev–Trinajstić information content (AvgIpc) is 3.27. The zero-order valence-electron chi connectivity index (χ0n) is 19.7. The molecule has 2 aromatic carbocycles. The van der Waals surface area contributed by atoms with Crippen LogP contribution in [-0.2, 0) is 6.18 Å². The molecule has 37 heavy (non-hydrogen) atoms. The van der Waals surface area contributed by atoms with E-state index >= 15 is 0 Å². The number of benzene rings is 2. The number of rotatable bonds is 5. The summed E-state index contributed by atoms with van der Waals surface area (Å²) < 4.78 is 41.3. The molecule has 0 aliphatic heterocycles. The first kappa shape index (κ1) is 26.4. The number of carbonyl (C=O) groups is 2. The number of carbonyl (C=O) groups excluding carboxylic acids is 2. The van der Waals surface area contributed by atoms with Crippen molar-refractivity contribution in [3.8, 4) is 5.82 Å². The van der Waals surface area contributed by atoms with Crippen LogP contribution in [-0.4, -0.2) is 32.6 Å². The lowest BCUT2D eigenvalue weighted by Gasteiger charge is -2.17. The van der Waals surface area contributed by atoms with Crippen molar-refractivity contribution in [2.24, 2.45) is 0 Å². The number of amides is 2. The lowest BCUT2D eigenvalue weighted by molar-refractivity contribution is -0.141. The summed E-state index contributed by atoms with van der Waals surface area (Å²) in [6.07, 6.45) is -3.54. The number of hydrogen-bond donors (Lipinski definition) is 2. The fourth-order valence-electron chi connectivity index (χ4n) is 3.73. The van der Waals surface area contributed by atoms with Gasteiger partial charge in [-0.05, 0) is 49.9 Å². The third kappa shape index (κ3) is 5.26. The lowest BCUT2D eigenvalue weighted by Crippen LogP contribution is -2.31. The molecule has 7 nitrogen and oxygen atoms in total. The smallest absolute Gasteiger partial charge is 0.350 e. The fraction of sp³-hybridized carbons (Fsp3) is 0.200. The topological polar surface area (TPSA) is 88.9 Å². The molecule has 2 N–H and O–H groups in total. The maximum absolute atomic E-state index is 13.5. The van der Waals surface area contributed by atoms with Crippen molar-refractivity contribution in [3.05, 3.63) is 81.2 Å². The Kier molecular flexibility index (Phi) is 7.16. The Balaban J connectivity index is 1.88. The second-order valence-corrected chi connectivity index (χ2v) is 9.28. The molecule has 2 heterocycles. The molecule has 0 aliphatic rings. The van der Waals surface area contributed by atoms with E-state index in [0.29, 0.717) is 21.5 Å². The molecule has 4 aromatic rings. The van der Waals surface area contributed by atoms with Crippen LogP contribution in [0.15, 0.2) is 48.7 Å². The van der Waals surface area contributed by atoms with E-state index in [1.165, 1.54) is 18.3 Å². The maximum atomic E-state index is 13.5. The van der Waals surface area contributed by atoms with Crippen molar-refractivity contribution >= 4 is 51.5 Å². The summed E-state index contributed by atoms with van der Waals surface area (Å²) in [5.74, 6) is -1.70. The van der Waals surface area contributed by atoms with E-state index in [0.717, 1.165) is 5.56 Å². The monoisotopic (exact) mass is 549 g/mol. The van der Waals surface area contributed by atoms with Crippen molar-refractivity contribution in [1.29, 1.82) is 0 Å². The van der Waals surface area contributed by atoms with E-state index in [4.69, 9.17) is 23.2 Å². The Morgan fingerprint density at radius 2 is 1.76 bits per heavy atom. The Hall–Kier alpha value is -3.63. The number of nitrogens with one attached hydrogen (secondary N) is 2. The number of nitrogens with zero attached hydrogens (tertiary/aromatic N) is 3. The van der Waals surface area contributed by atoms with Gasteiger partial charge in [-0.2, -0.15) is 18.3 Å². The summed E-state index contributed by atoms with van der Waals surface area (Å²) in [6, 6.07) is 10.1. The van der Waals surface area contributed by atoms with Gasteiger partial charge in [0.25, 0.3) is 11.8 Å². The summed E-state index contributed by atoms with van der Waals surface area (Å²) >= 11 is 12.8. The van der Waals surface area contributed by atoms with Gasteiger partial charge in [0.15, 0.2) is 11.5 Å². The highest BCUT2D eigenvalue weighted by atomic mass is 35.5. The van der Waals surface area contributed by atoms with E-state index in [9.17, 15) is 22.8 Å². The summed E-state index contributed by atoms with van der Waals surface area (Å²) in [7, 11) is 0. The highest BCUT2D eigenvalue weighted by molar-refractivity contribution is 6.40. The Morgan fingerprint density at radius 3 is 2.41 bits per heavy atom. The predicted molar refractivity (Wildman–Crippen MR) is 136 cm³/mol. The molecule has 0 saturated heterocycles. The zero-order chi connectivity index (χ0) is 27.1. The number of hydrogen-bond acceptors (Lipinski definition) is 4. The number of alkyl halides is 3. The van der Waals surface area contributed by atoms with Crippen LogP contribution in [0.2, 0.25) is 10.0 Å². The standard InChI is InChI=1S/C25H20Cl2F3N5O2/c1-12(2)32-23(36)16-10-15-13(3)6-4-7-14(15)20(27)21(16)33-24(37)18-11-19(25(28,29)30)34-35(18)22-17(26)8-5-9-31-22/h4-12H,1-3H3,(H,32,36)(H,33,37). The van der Waals surface area contributed by atoms with Crippen LogP contribution in [0.1, 0.15) is 46.0 Å². The van der Waals surface area contributed by atoms with Gasteiger partial charge in [0, 0.05) is 23.7 Å². The van der Waals surface area contributed by atoms with Crippen molar-refractivity contribution < 1.29 is 22.8 Å². The quantitative estimate of drug-likeness (QED) is 0.299. The van der Waals surface area contributed by atoms with Gasteiger partial charge < -0.3 is 10.6 Å². The molecule has 4 rings (SSSR count). The van der Waals surface area contributed by atoms with Crippen molar-refractivity contribution in [3.63, 3.8) is 0 Å². The molecule has 192 valence electrons. The van der Waals surface area contributed by atoms with Crippen LogP contribution in [0.5, 0.6) is 0 Å². The largest absolute Gasteiger partial charge is 0.435 e. The normalized spacial score (nSPS) is 11.7. The molecule has 2 amide bonds. The highest BCUT2D eigenvalue weighted by Gasteiger charge is 2.37. The first-order valence-electron chi connectivity index (χ1n) is 11.0. The van der Waals surface area contributed by atoms with E-state index < -0.39 is 29.4 Å².